The van der Waals surface area contributed by atoms with Gasteiger partial charge in [-0.05, 0) is 80.2 Å². The Hall–Kier alpha value is -2.70. The molecule has 1 aliphatic rings. The highest BCUT2D eigenvalue weighted by molar-refractivity contribution is 5.91. The van der Waals surface area contributed by atoms with Crippen LogP contribution in [0.1, 0.15) is 60.9 Å². The zero-order valence-electron chi connectivity index (χ0n) is 16.3. The van der Waals surface area contributed by atoms with Crippen molar-refractivity contribution in [1.82, 2.24) is 0 Å². The average molecular weight is 424 g/mol. The topological polar surface area (TPSA) is 37.3 Å². The lowest BCUT2D eigenvalue weighted by atomic mass is 9.75. The fourth-order valence-corrected chi connectivity index (χ4v) is 4.19. The van der Waals surface area contributed by atoms with Crippen LogP contribution in [0, 0.1) is 35.0 Å². The van der Waals surface area contributed by atoms with E-state index in [9.17, 15) is 27.5 Å². The zero-order chi connectivity index (χ0) is 22.0. The van der Waals surface area contributed by atoms with Crippen LogP contribution in [0.15, 0.2) is 30.4 Å². The highest BCUT2D eigenvalue weighted by Gasteiger charge is 2.30. The van der Waals surface area contributed by atoms with E-state index >= 15 is 4.39 Å². The summed E-state index contributed by atoms with van der Waals surface area (Å²) in [5.74, 6) is -9.18. The van der Waals surface area contributed by atoms with Gasteiger partial charge in [-0.1, -0.05) is 12.2 Å². The van der Waals surface area contributed by atoms with Crippen LogP contribution in [0.2, 0.25) is 0 Å². The van der Waals surface area contributed by atoms with E-state index < -0.39 is 46.2 Å². The van der Waals surface area contributed by atoms with Crippen LogP contribution in [0.25, 0.3) is 11.1 Å². The number of carboxylic acid groups (broad SMARTS) is 1. The minimum absolute atomic E-state index is 0.143. The molecule has 0 bridgehead atoms. The van der Waals surface area contributed by atoms with Gasteiger partial charge in [0.1, 0.15) is 17.2 Å². The average Bonchev–Trinajstić information content (AvgIpc) is 2.69. The molecule has 0 unspecified atom stereocenters. The van der Waals surface area contributed by atoms with Gasteiger partial charge in [-0.2, -0.15) is 0 Å². The molecule has 1 aliphatic carbocycles. The van der Waals surface area contributed by atoms with Gasteiger partial charge < -0.3 is 5.11 Å². The van der Waals surface area contributed by atoms with Crippen LogP contribution < -0.4 is 0 Å². The zero-order valence-corrected chi connectivity index (χ0v) is 16.3. The summed E-state index contributed by atoms with van der Waals surface area (Å²) in [7, 11) is 0. The SMILES string of the molecule is C/C=C/CC1CCC(c2cc(F)c(C(=O)O)c(F)c2-c2cc(F)c(F)c(F)c2)CC1. The number of carbonyl (C=O) groups is 1. The summed E-state index contributed by atoms with van der Waals surface area (Å²) >= 11 is 0. The van der Waals surface area contributed by atoms with Gasteiger partial charge in [0, 0.05) is 5.56 Å². The standard InChI is InChI=1S/C23H21F5O2/c1-2-3-4-12-5-7-13(8-6-12)15-11-16(24)20(23(29)30)22(28)19(15)14-9-17(25)21(27)18(26)10-14/h2-3,9-13H,4-8H2,1H3,(H,29,30)/b3-2+. The number of benzene rings is 2. The van der Waals surface area contributed by atoms with Crippen molar-refractivity contribution in [3.05, 3.63) is 70.6 Å². The molecule has 1 saturated carbocycles. The number of allylic oxidation sites excluding steroid dienone is 2. The molecule has 0 aliphatic heterocycles. The molecule has 7 heteroatoms. The third kappa shape index (κ3) is 4.25. The van der Waals surface area contributed by atoms with Gasteiger partial charge in [-0.25, -0.2) is 26.7 Å². The molecule has 0 atom stereocenters. The number of carboxylic acids is 1. The fraction of sp³-hybridized carbons (Fsp3) is 0.348. The Kier molecular flexibility index (Phi) is 6.58. The largest absolute Gasteiger partial charge is 0.477 e. The van der Waals surface area contributed by atoms with E-state index in [-0.39, 0.29) is 17.0 Å². The first-order valence-electron chi connectivity index (χ1n) is 9.75. The van der Waals surface area contributed by atoms with Gasteiger partial charge in [-0.3, -0.25) is 0 Å². The smallest absolute Gasteiger partial charge is 0.341 e. The Labute approximate surface area is 171 Å². The number of aromatic carboxylic acids is 1. The van der Waals surface area contributed by atoms with Gasteiger partial charge >= 0.3 is 5.97 Å². The molecule has 1 fully saturated rings. The van der Waals surface area contributed by atoms with Crippen LogP contribution >= 0.6 is 0 Å². The van der Waals surface area contributed by atoms with Gasteiger partial charge in [-0.15, -0.1) is 0 Å². The Morgan fingerprint density at radius 2 is 1.57 bits per heavy atom. The molecule has 2 aromatic carbocycles. The maximum absolute atomic E-state index is 15.1. The minimum Gasteiger partial charge on any atom is -0.477 e. The molecule has 0 spiro atoms. The second kappa shape index (κ2) is 8.98. The van der Waals surface area contributed by atoms with Gasteiger partial charge in [0.2, 0.25) is 0 Å². The van der Waals surface area contributed by atoms with Crippen LogP contribution in [0.4, 0.5) is 22.0 Å². The fourth-order valence-electron chi connectivity index (χ4n) is 4.19. The Balaban J connectivity index is 2.11. The Morgan fingerprint density at radius 3 is 2.10 bits per heavy atom. The lowest BCUT2D eigenvalue weighted by Gasteiger charge is -2.30. The number of rotatable bonds is 5. The molecule has 2 aromatic rings. The molecular weight excluding hydrogens is 403 g/mol. The molecule has 160 valence electrons. The van der Waals surface area contributed by atoms with Crippen molar-refractivity contribution in [2.75, 3.05) is 0 Å². The van der Waals surface area contributed by atoms with Crippen LogP contribution in [-0.2, 0) is 0 Å². The monoisotopic (exact) mass is 424 g/mol. The first kappa shape index (κ1) is 22.0. The number of hydrogen-bond donors (Lipinski definition) is 1. The Morgan fingerprint density at radius 1 is 0.967 bits per heavy atom. The maximum atomic E-state index is 15.1. The predicted octanol–water partition coefficient (Wildman–Crippen LogP) is 6.99. The van der Waals surface area contributed by atoms with E-state index in [0.717, 1.165) is 25.3 Å². The van der Waals surface area contributed by atoms with E-state index in [0.29, 0.717) is 30.9 Å². The molecule has 0 aromatic heterocycles. The number of hydrogen-bond acceptors (Lipinski definition) is 1. The van der Waals surface area contributed by atoms with Crippen molar-refractivity contribution in [3.63, 3.8) is 0 Å². The van der Waals surface area contributed by atoms with Gasteiger partial charge in [0.25, 0.3) is 0 Å². The second-order valence-electron chi connectivity index (χ2n) is 7.59. The quantitative estimate of drug-likeness (QED) is 0.319. The highest BCUT2D eigenvalue weighted by atomic mass is 19.2. The summed E-state index contributed by atoms with van der Waals surface area (Å²) in [6.07, 6.45) is 7.68. The normalized spacial score (nSPS) is 19.4. The van der Waals surface area contributed by atoms with Crippen LogP contribution in [0.5, 0.6) is 0 Å². The predicted molar refractivity (Wildman–Crippen MR) is 103 cm³/mol. The van der Waals surface area contributed by atoms with E-state index in [1.165, 1.54) is 0 Å². The summed E-state index contributed by atoms with van der Waals surface area (Å²) in [4.78, 5) is 11.4. The summed E-state index contributed by atoms with van der Waals surface area (Å²) in [5.41, 5.74) is -1.83. The molecule has 0 amide bonds. The summed E-state index contributed by atoms with van der Waals surface area (Å²) < 4.78 is 70.6. The van der Waals surface area contributed by atoms with Gasteiger partial charge in [0.15, 0.2) is 17.5 Å². The summed E-state index contributed by atoms with van der Waals surface area (Å²) in [6.45, 7) is 1.93. The lowest BCUT2D eigenvalue weighted by Crippen LogP contribution is -2.16. The van der Waals surface area contributed by atoms with Crippen molar-refractivity contribution in [1.29, 1.82) is 0 Å². The van der Waals surface area contributed by atoms with Crippen LogP contribution in [-0.4, -0.2) is 11.1 Å². The molecule has 30 heavy (non-hydrogen) atoms. The van der Waals surface area contributed by atoms with Crippen molar-refractivity contribution >= 4 is 5.97 Å². The van der Waals surface area contributed by atoms with E-state index in [1.807, 2.05) is 13.0 Å². The molecule has 3 rings (SSSR count). The van der Waals surface area contributed by atoms with Crippen molar-refractivity contribution in [3.8, 4) is 11.1 Å². The molecule has 0 radical (unpaired) electrons. The van der Waals surface area contributed by atoms with E-state index in [4.69, 9.17) is 0 Å². The lowest BCUT2D eigenvalue weighted by molar-refractivity contribution is 0.0686. The first-order chi connectivity index (χ1) is 14.2. The minimum atomic E-state index is -1.84. The van der Waals surface area contributed by atoms with E-state index in [1.54, 1.807) is 0 Å². The maximum Gasteiger partial charge on any atom is 0.341 e. The molecule has 0 saturated heterocycles. The van der Waals surface area contributed by atoms with Crippen LogP contribution in [0.3, 0.4) is 0 Å². The van der Waals surface area contributed by atoms with Crippen molar-refractivity contribution in [2.45, 2.75) is 44.9 Å². The molecular formula is C23H21F5O2. The second-order valence-corrected chi connectivity index (χ2v) is 7.59. The van der Waals surface area contributed by atoms with Crippen molar-refractivity contribution in [2.24, 2.45) is 5.92 Å². The molecule has 2 nitrogen and oxygen atoms in total. The Bertz CT molecular complexity index is 969. The summed E-state index contributed by atoms with van der Waals surface area (Å²) in [6, 6.07) is 2.13. The van der Waals surface area contributed by atoms with E-state index in [2.05, 4.69) is 6.08 Å². The third-order valence-corrected chi connectivity index (χ3v) is 5.73. The van der Waals surface area contributed by atoms with Crippen molar-refractivity contribution < 1.29 is 31.9 Å². The van der Waals surface area contributed by atoms with Gasteiger partial charge in [0.05, 0.1) is 0 Å². The third-order valence-electron chi connectivity index (χ3n) is 5.73. The number of halogens is 5. The first-order valence-corrected chi connectivity index (χ1v) is 9.75. The summed E-state index contributed by atoms with van der Waals surface area (Å²) in [5, 5.41) is 9.19. The molecule has 0 heterocycles. The molecule has 1 N–H and O–H groups in total. The highest BCUT2D eigenvalue weighted by Crippen LogP contribution is 2.43.